The summed E-state index contributed by atoms with van der Waals surface area (Å²) < 4.78 is 60.8. The maximum absolute atomic E-state index is 13.5. The minimum absolute atomic E-state index is 0.00381. The number of anilines is 2. The van der Waals surface area contributed by atoms with E-state index in [4.69, 9.17) is 27.9 Å². The van der Waals surface area contributed by atoms with Gasteiger partial charge < -0.3 is 10.1 Å². The molecule has 0 spiro atoms. The van der Waals surface area contributed by atoms with Crippen molar-refractivity contribution in [3.05, 3.63) is 82.3 Å². The summed E-state index contributed by atoms with van der Waals surface area (Å²) in [5.41, 5.74) is 0.490. The quantitative estimate of drug-likeness (QED) is 0.409. The highest BCUT2D eigenvalue weighted by molar-refractivity contribution is 7.93. The molecule has 3 aromatic rings. The van der Waals surface area contributed by atoms with Gasteiger partial charge in [0.25, 0.3) is 15.9 Å². The molecule has 0 unspecified atom stereocenters. The number of sulfonamides is 2. The van der Waals surface area contributed by atoms with Gasteiger partial charge >= 0.3 is 0 Å². The standard InChI is InChI=1S/C25H25Cl2N3O6S2/c1-2-30(19-8-4-3-5-9-19)38(34,35)24-16-21(22(26)17-23(24)27)25(31)28-18-7-6-10-20(15-18)37(32,33)29-11-13-36-14-12-29/h3-10,15-17H,2,11-14H2,1H3,(H,28,31). The minimum Gasteiger partial charge on any atom is -0.379 e. The van der Waals surface area contributed by atoms with Crippen LogP contribution in [0.3, 0.4) is 0 Å². The second-order valence-electron chi connectivity index (χ2n) is 8.27. The first-order valence-electron chi connectivity index (χ1n) is 11.6. The Kier molecular flexibility index (Phi) is 8.65. The van der Waals surface area contributed by atoms with E-state index in [1.807, 2.05) is 0 Å². The molecule has 3 aromatic carbocycles. The molecule has 0 aliphatic carbocycles. The SMILES string of the molecule is CCN(c1ccccc1)S(=O)(=O)c1cc(C(=O)Nc2cccc(S(=O)(=O)N3CCOCC3)c2)c(Cl)cc1Cl. The normalized spacial score (nSPS) is 14.7. The van der Waals surface area contributed by atoms with Crippen molar-refractivity contribution in [1.29, 1.82) is 0 Å². The van der Waals surface area contributed by atoms with E-state index < -0.39 is 26.0 Å². The first-order chi connectivity index (χ1) is 18.1. The second kappa shape index (κ2) is 11.6. The summed E-state index contributed by atoms with van der Waals surface area (Å²) in [7, 11) is -7.94. The number of ether oxygens (including phenoxy) is 1. The highest BCUT2D eigenvalue weighted by Crippen LogP contribution is 2.33. The smallest absolute Gasteiger partial charge is 0.265 e. The van der Waals surface area contributed by atoms with Crippen LogP contribution in [0.5, 0.6) is 0 Å². The molecule has 202 valence electrons. The highest BCUT2D eigenvalue weighted by Gasteiger charge is 2.29. The van der Waals surface area contributed by atoms with E-state index in [0.29, 0.717) is 18.9 Å². The molecule has 0 bridgehead atoms. The van der Waals surface area contributed by atoms with E-state index in [2.05, 4.69) is 5.32 Å². The lowest BCUT2D eigenvalue weighted by Crippen LogP contribution is -2.40. The van der Waals surface area contributed by atoms with E-state index in [-0.39, 0.29) is 50.7 Å². The molecule has 0 aromatic heterocycles. The van der Waals surface area contributed by atoms with Crippen LogP contribution < -0.4 is 9.62 Å². The zero-order valence-corrected chi connectivity index (χ0v) is 23.4. The van der Waals surface area contributed by atoms with Gasteiger partial charge in [0.1, 0.15) is 4.90 Å². The van der Waals surface area contributed by atoms with Crippen LogP contribution in [0.4, 0.5) is 11.4 Å². The predicted molar refractivity (Wildman–Crippen MR) is 147 cm³/mol. The summed E-state index contributed by atoms with van der Waals surface area (Å²) in [4.78, 5) is 12.9. The predicted octanol–water partition coefficient (Wildman–Crippen LogP) is 4.48. The van der Waals surface area contributed by atoms with Gasteiger partial charge in [0.2, 0.25) is 10.0 Å². The van der Waals surface area contributed by atoms with Crippen molar-refractivity contribution >= 4 is 60.5 Å². The number of morpholine rings is 1. The number of para-hydroxylation sites is 1. The first-order valence-corrected chi connectivity index (χ1v) is 15.3. The molecule has 13 heteroatoms. The molecule has 0 atom stereocenters. The van der Waals surface area contributed by atoms with Crippen molar-refractivity contribution in [2.75, 3.05) is 42.5 Å². The van der Waals surface area contributed by atoms with Gasteiger partial charge in [-0.3, -0.25) is 9.10 Å². The molecule has 1 heterocycles. The number of amides is 1. The van der Waals surface area contributed by atoms with Crippen molar-refractivity contribution in [3.8, 4) is 0 Å². The van der Waals surface area contributed by atoms with E-state index in [0.717, 1.165) is 6.07 Å². The molecule has 9 nitrogen and oxygen atoms in total. The van der Waals surface area contributed by atoms with Crippen molar-refractivity contribution in [3.63, 3.8) is 0 Å². The first kappa shape index (κ1) is 28.3. The molecule has 0 saturated carbocycles. The monoisotopic (exact) mass is 597 g/mol. The van der Waals surface area contributed by atoms with Gasteiger partial charge in [0.05, 0.1) is 39.4 Å². The Morgan fingerprint density at radius 2 is 1.63 bits per heavy atom. The fraction of sp³-hybridized carbons (Fsp3) is 0.240. The summed E-state index contributed by atoms with van der Waals surface area (Å²) in [6.07, 6.45) is 0. The van der Waals surface area contributed by atoms with Crippen molar-refractivity contribution in [2.45, 2.75) is 16.7 Å². The Morgan fingerprint density at radius 3 is 2.29 bits per heavy atom. The third-order valence-electron chi connectivity index (χ3n) is 5.87. The number of halogens is 2. The average molecular weight is 599 g/mol. The number of nitrogens with one attached hydrogen (secondary N) is 1. The molecule has 1 fully saturated rings. The van der Waals surface area contributed by atoms with Crippen LogP contribution in [-0.4, -0.2) is 59.9 Å². The molecule has 38 heavy (non-hydrogen) atoms. The molecule has 1 aliphatic rings. The lowest BCUT2D eigenvalue weighted by atomic mass is 10.2. The Balaban J connectivity index is 1.64. The number of hydrogen-bond donors (Lipinski definition) is 1. The van der Waals surface area contributed by atoms with Crippen molar-refractivity contribution < 1.29 is 26.4 Å². The lowest BCUT2D eigenvalue weighted by molar-refractivity contribution is 0.0730. The number of nitrogens with zero attached hydrogens (tertiary/aromatic N) is 2. The van der Waals surface area contributed by atoms with Gasteiger partial charge in [-0.05, 0) is 49.4 Å². The number of rotatable bonds is 8. The summed E-state index contributed by atoms with van der Waals surface area (Å²) in [5.74, 6) is -0.730. The average Bonchev–Trinajstić information content (AvgIpc) is 2.90. The van der Waals surface area contributed by atoms with Crippen LogP contribution in [0.2, 0.25) is 10.0 Å². The van der Waals surface area contributed by atoms with E-state index >= 15 is 0 Å². The Labute approximate surface area is 232 Å². The van der Waals surface area contributed by atoms with Gasteiger partial charge in [-0.1, -0.05) is 47.5 Å². The number of carbonyl (C=O) groups excluding carboxylic acids is 1. The fourth-order valence-electron chi connectivity index (χ4n) is 3.97. The van der Waals surface area contributed by atoms with Crippen LogP contribution in [0, 0.1) is 0 Å². The number of benzene rings is 3. The van der Waals surface area contributed by atoms with E-state index in [1.165, 1.54) is 38.9 Å². The number of carbonyl (C=O) groups is 1. The zero-order chi connectivity index (χ0) is 27.5. The Morgan fingerprint density at radius 1 is 0.947 bits per heavy atom. The van der Waals surface area contributed by atoms with Crippen molar-refractivity contribution in [1.82, 2.24) is 4.31 Å². The Hall–Kier alpha value is -2.67. The molecule has 1 saturated heterocycles. The molecule has 1 amide bonds. The molecule has 4 rings (SSSR count). The van der Waals surface area contributed by atoms with Crippen LogP contribution >= 0.6 is 23.2 Å². The highest BCUT2D eigenvalue weighted by atomic mass is 35.5. The van der Waals surface area contributed by atoms with Gasteiger partial charge in [0.15, 0.2) is 0 Å². The van der Waals surface area contributed by atoms with Crippen LogP contribution in [0.15, 0.2) is 76.5 Å². The van der Waals surface area contributed by atoms with Gasteiger partial charge in [-0.2, -0.15) is 4.31 Å². The summed E-state index contributed by atoms with van der Waals surface area (Å²) in [6, 6.07) is 16.6. The van der Waals surface area contributed by atoms with Gasteiger partial charge in [-0.15, -0.1) is 0 Å². The summed E-state index contributed by atoms with van der Waals surface area (Å²) >= 11 is 12.6. The summed E-state index contributed by atoms with van der Waals surface area (Å²) in [5, 5.41) is 2.40. The van der Waals surface area contributed by atoms with Crippen LogP contribution in [0.1, 0.15) is 17.3 Å². The zero-order valence-electron chi connectivity index (χ0n) is 20.3. The largest absolute Gasteiger partial charge is 0.379 e. The van der Waals surface area contributed by atoms with Crippen molar-refractivity contribution in [2.24, 2.45) is 0 Å². The fourth-order valence-corrected chi connectivity index (χ4v) is 7.74. The van der Waals surface area contributed by atoms with Gasteiger partial charge in [0, 0.05) is 25.3 Å². The van der Waals surface area contributed by atoms with Gasteiger partial charge in [-0.25, -0.2) is 16.8 Å². The third kappa shape index (κ3) is 5.83. The summed E-state index contributed by atoms with van der Waals surface area (Å²) in [6.45, 7) is 2.87. The maximum Gasteiger partial charge on any atom is 0.265 e. The molecule has 1 aliphatic heterocycles. The Bertz CT molecular complexity index is 1540. The number of hydrogen-bond acceptors (Lipinski definition) is 6. The lowest BCUT2D eigenvalue weighted by Gasteiger charge is -2.26. The maximum atomic E-state index is 13.5. The third-order valence-corrected chi connectivity index (χ3v) is 10.4. The van der Waals surface area contributed by atoms with E-state index in [1.54, 1.807) is 37.3 Å². The molecular formula is C25H25Cl2N3O6S2. The minimum atomic E-state index is -4.15. The molecule has 0 radical (unpaired) electrons. The second-order valence-corrected chi connectivity index (χ2v) is 12.8. The van der Waals surface area contributed by atoms with Crippen LogP contribution in [0.25, 0.3) is 0 Å². The molecule has 1 N–H and O–H groups in total. The topological polar surface area (TPSA) is 113 Å². The van der Waals surface area contributed by atoms with E-state index in [9.17, 15) is 21.6 Å². The molecular weight excluding hydrogens is 573 g/mol. The van der Waals surface area contributed by atoms with Crippen LogP contribution in [-0.2, 0) is 24.8 Å².